The van der Waals surface area contributed by atoms with Crippen LogP contribution in [-0.2, 0) is 4.79 Å². The first-order valence-corrected chi connectivity index (χ1v) is 10.9. The molecule has 0 radical (unpaired) electrons. The van der Waals surface area contributed by atoms with Crippen molar-refractivity contribution < 1.29 is 14.0 Å². The van der Waals surface area contributed by atoms with E-state index in [-0.39, 0.29) is 11.6 Å². The van der Waals surface area contributed by atoms with E-state index in [9.17, 15) is 9.59 Å². The number of amides is 2. The number of nitrogens with one attached hydrogen (secondary N) is 1. The van der Waals surface area contributed by atoms with E-state index in [1.165, 1.54) is 10.9 Å². The van der Waals surface area contributed by atoms with Gasteiger partial charge in [0.05, 0.1) is 6.26 Å². The third-order valence-corrected chi connectivity index (χ3v) is 5.22. The van der Waals surface area contributed by atoms with Gasteiger partial charge in [0.25, 0.3) is 11.8 Å². The number of anilines is 1. The van der Waals surface area contributed by atoms with E-state index >= 15 is 0 Å². The molecule has 2 heterocycles. The standard InChI is InChI=1S/C25H24N6O3/c1-3-30(4-2)25(33)19-12-14-20(15-13-19)26-24(32)22(17-21-11-8-16-34-21)31-23(27-28-29-31)18-9-6-5-7-10-18/h5-17H,3-4H2,1-2H3,(H,26,32)/b22-17+. The van der Waals surface area contributed by atoms with Gasteiger partial charge < -0.3 is 14.6 Å². The summed E-state index contributed by atoms with van der Waals surface area (Å²) in [5.74, 6) is 0.389. The Bertz CT molecular complexity index is 1270. The highest BCUT2D eigenvalue weighted by Crippen LogP contribution is 2.22. The number of carbonyl (C=O) groups is 2. The SMILES string of the molecule is CCN(CC)C(=O)c1ccc(NC(=O)/C(=C\c2ccco2)n2nnnc2-c2ccccc2)cc1. The lowest BCUT2D eigenvalue weighted by atomic mass is 10.1. The van der Waals surface area contributed by atoms with E-state index in [0.29, 0.717) is 35.9 Å². The Morgan fingerprint density at radius 2 is 1.74 bits per heavy atom. The van der Waals surface area contributed by atoms with Gasteiger partial charge in [-0.05, 0) is 60.7 Å². The van der Waals surface area contributed by atoms with Crippen LogP contribution < -0.4 is 5.32 Å². The summed E-state index contributed by atoms with van der Waals surface area (Å²) in [6.07, 6.45) is 3.08. The Hall–Kier alpha value is -4.53. The van der Waals surface area contributed by atoms with E-state index in [2.05, 4.69) is 20.8 Å². The highest BCUT2D eigenvalue weighted by molar-refractivity contribution is 6.24. The summed E-state index contributed by atoms with van der Waals surface area (Å²) >= 11 is 0. The van der Waals surface area contributed by atoms with Gasteiger partial charge in [0.1, 0.15) is 11.5 Å². The molecule has 0 aliphatic rings. The van der Waals surface area contributed by atoms with Crippen molar-refractivity contribution in [1.82, 2.24) is 25.1 Å². The second-order valence-electron chi connectivity index (χ2n) is 7.33. The Labute approximate surface area is 196 Å². The van der Waals surface area contributed by atoms with Gasteiger partial charge in [-0.15, -0.1) is 5.10 Å². The van der Waals surface area contributed by atoms with Crippen LogP contribution >= 0.6 is 0 Å². The lowest BCUT2D eigenvalue weighted by molar-refractivity contribution is -0.111. The van der Waals surface area contributed by atoms with Crippen LogP contribution in [-0.4, -0.2) is 50.0 Å². The number of benzene rings is 2. The minimum atomic E-state index is -0.441. The smallest absolute Gasteiger partial charge is 0.274 e. The molecule has 2 aromatic heterocycles. The zero-order valence-corrected chi connectivity index (χ0v) is 18.9. The van der Waals surface area contributed by atoms with Crippen LogP contribution in [0.15, 0.2) is 77.4 Å². The fraction of sp³-hybridized carbons (Fsp3) is 0.160. The fourth-order valence-electron chi connectivity index (χ4n) is 3.43. The Balaban J connectivity index is 1.63. The molecule has 2 aromatic carbocycles. The monoisotopic (exact) mass is 456 g/mol. The number of hydrogen-bond donors (Lipinski definition) is 1. The van der Waals surface area contributed by atoms with Crippen molar-refractivity contribution in [2.24, 2.45) is 0 Å². The molecule has 0 atom stereocenters. The molecule has 0 unspecified atom stereocenters. The van der Waals surface area contributed by atoms with Crippen molar-refractivity contribution in [3.8, 4) is 11.4 Å². The molecule has 9 heteroatoms. The highest BCUT2D eigenvalue weighted by Gasteiger charge is 2.20. The van der Waals surface area contributed by atoms with Crippen LogP contribution in [0.5, 0.6) is 0 Å². The van der Waals surface area contributed by atoms with Gasteiger partial charge in [-0.2, -0.15) is 4.68 Å². The van der Waals surface area contributed by atoms with Gasteiger partial charge in [-0.3, -0.25) is 9.59 Å². The number of aromatic nitrogens is 4. The molecule has 0 bridgehead atoms. The predicted molar refractivity (Wildman–Crippen MR) is 128 cm³/mol. The van der Waals surface area contributed by atoms with Crippen molar-refractivity contribution in [3.63, 3.8) is 0 Å². The molecule has 0 aliphatic carbocycles. The predicted octanol–water partition coefficient (Wildman–Crippen LogP) is 4.05. The van der Waals surface area contributed by atoms with Crippen LogP contribution in [0, 0.1) is 0 Å². The number of hydrogen-bond acceptors (Lipinski definition) is 6. The topological polar surface area (TPSA) is 106 Å². The van der Waals surface area contributed by atoms with E-state index < -0.39 is 5.91 Å². The maximum Gasteiger partial charge on any atom is 0.274 e. The normalized spacial score (nSPS) is 11.3. The average molecular weight is 457 g/mol. The molecular formula is C25H24N6O3. The number of tetrazole rings is 1. The second-order valence-corrected chi connectivity index (χ2v) is 7.33. The summed E-state index contributed by atoms with van der Waals surface area (Å²) in [4.78, 5) is 27.6. The molecule has 172 valence electrons. The molecule has 34 heavy (non-hydrogen) atoms. The van der Waals surface area contributed by atoms with Crippen LogP contribution in [0.4, 0.5) is 5.69 Å². The van der Waals surface area contributed by atoms with Gasteiger partial charge in [0.2, 0.25) is 0 Å². The van der Waals surface area contributed by atoms with E-state index in [0.717, 1.165) is 5.56 Å². The zero-order chi connectivity index (χ0) is 23.9. The van der Waals surface area contributed by atoms with E-state index in [4.69, 9.17) is 4.42 Å². The van der Waals surface area contributed by atoms with Crippen LogP contribution in [0.1, 0.15) is 30.0 Å². The quantitative estimate of drug-likeness (QED) is 0.401. The maximum absolute atomic E-state index is 13.3. The number of carbonyl (C=O) groups excluding carboxylic acids is 2. The van der Waals surface area contributed by atoms with Crippen molar-refractivity contribution >= 4 is 29.3 Å². The third-order valence-electron chi connectivity index (χ3n) is 5.22. The van der Waals surface area contributed by atoms with E-state index in [1.54, 1.807) is 47.4 Å². The van der Waals surface area contributed by atoms with Gasteiger partial charge in [-0.1, -0.05) is 30.3 Å². The summed E-state index contributed by atoms with van der Waals surface area (Å²) in [6.45, 7) is 5.13. The molecule has 0 spiro atoms. The van der Waals surface area contributed by atoms with Crippen LogP contribution in [0.2, 0.25) is 0 Å². The average Bonchev–Trinajstić information content (AvgIpc) is 3.56. The van der Waals surface area contributed by atoms with Gasteiger partial charge in [-0.25, -0.2) is 0 Å². The molecular weight excluding hydrogens is 432 g/mol. The summed E-state index contributed by atoms with van der Waals surface area (Å²) in [7, 11) is 0. The molecule has 1 N–H and O–H groups in total. The first kappa shape index (κ1) is 22.7. The fourth-order valence-corrected chi connectivity index (χ4v) is 3.43. The molecule has 9 nitrogen and oxygen atoms in total. The lowest BCUT2D eigenvalue weighted by Gasteiger charge is -2.18. The van der Waals surface area contributed by atoms with Crippen molar-refractivity contribution in [3.05, 3.63) is 84.3 Å². The molecule has 2 amide bonds. The Kier molecular flexibility index (Phi) is 6.92. The van der Waals surface area contributed by atoms with Crippen LogP contribution in [0.3, 0.4) is 0 Å². The first-order chi connectivity index (χ1) is 16.6. The van der Waals surface area contributed by atoms with E-state index in [1.807, 2.05) is 44.2 Å². The van der Waals surface area contributed by atoms with Crippen molar-refractivity contribution in [2.75, 3.05) is 18.4 Å². The summed E-state index contributed by atoms with van der Waals surface area (Å²) in [5, 5.41) is 14.8. The van der Waals surface area contributed by atoms with Crippen LogP contribution in [0.25, 0.3) is 23.2 Å². The minimum absolute atomic E-state index is 0.0533. The minimum Gasteiger partial charge on any atom is -0.465 e. The molecule has 0 saturated carbocycles. The zero-order valence-electron chi connectivity index (χ0n) is 18.9. The summed E-state index contributed by atoms with van der Waals surface area (Å²) in [5.41, 5.74) is 2.01. The number of furan rings is 1. The second kappa shape index (κ2) is 10.4. The summed E-state index contributed by atoms with van der Waals surface area (Å²) in [6, 6.07) is 19.6. The number of rotatable bonds is 8. The Morgan fingerprint density at radius 3 is 2.38 bits per heavy atom. The molecule has 4 aromatic rings. The maximum atomic E-state index is 13.3. The highest BCUT2D eigenvalue weighted by atomic mass is 16.3. The largest absolute Gasteiger partial charge is 0.465 e. The number of nitrogens with zero attached hydrogens (tertiary/aromatic N) is 5. The molecule has 0 aliphatic heterocycles. The first-order valence-electron chi connectivity index (χ1n) is 10.9. The third kappa shape index (κ3) is 4.93. The molecule has 0 saturated heterocycles. The van der Waals surface area contributed by atoms with Crippen molar-refractivity contribution in [1.29, 1.82) is 0 Å². The molecule has 4 rings (SSSR count). The van der Waals surface area contributed by atoms with Crippen molar-refractivity contribution in [2.45, 2.75) is 13.8 Å². The lowest BCUT2D eigenvalue weighted by Crippen LogP contribution is -2.30. The van der Waals surface area contributed by atoms with Gasteiger partial charge in [0, 0.05) is 36.0 Å². The van der Waals surface area contributed by atoms with Gasteiger partial charge in [0.15, 0.2) is 5.82 Å². The molecule has 0 fully saturated rings. The Morgan fingerprint density at radius 1 is 1.00 bits per heavy atom. The van der Waals surface area contributed by atoms with Gasteiger partial charge >= 0.3 is 0 Å². The summed E-state index contributed by atoms with van der Waals surface area (Å²) < 4.78 is 6.78.